The Morgan fingerprint density at radius 3 is 2.31 bits per heavy atom. The van der Waals surface area contributed by atoms with Crippen LogP contribution in [0.2, 0.25) is 5.02 Å². The van der Waals surface area contributed by atoms with Crippen LogP contribution in [0.3, 0.4) is 0 Å². The van der Waals surface area contributed by atoms with Crippen LogP contribution in [0.1, 0.15) is 10.4 Å². The smallest absolute Gasteiger partial charge is 0.377 e. The second-order valence-corrected chi connectivity index (χ2v) is 3.26. The zero-order chi connectivity index (χ0) is 12.3. The maximum atomic E-state index is 11.4. The molecule has 0 saturated carbocycles. The minimum atomic E-state index is -1.58. The van der Waals surface area contributed by atoms with Gasteiger partial charge in [-0.2, -0.15) is 0 Å². The van der Waals surface area contributed by atoms with Crippen LogP contribution in [0.4, 0.5) is 0 Å². The number of ether oxygens (including phenoxy) is 2. The molecule has 5 nitrogen and oxygen atoms in total. The van der Waals surface area contributed by atoms with Crippen molar-refractivity contribution in [3.8, 4) is 11.5 Å². The Labute approximate surface area is 96.5 Å². The summed E-state index contributed by atoms with van der Waals surface area (Å²) < 4.78 is 9.86. The molecule has 0 fully saturated rings. The lowest BCUT2D eigenvalue weighted by Gasteiger charge is -2.11. The van der Waals surface area contributed by atoms with Gasteiger partial charge in [-0.15, -0.1) is 0 Å². The van der Waals surface area contributed by atoms with Crippen molar-refractivity contribution in [2.75, 3.05) is 14.2 Å². The van der Waals surface area contributed by atoms with Crippen LogP contribution in [-0.4, -0.2) is 31.1 Å². The van der Waals surface area contributed by atoms with Crippen molar-refractivity contribution >= 4 is 23.4 Å². The van der Waals surface area contributed by atoms with Gasteiger partial charge in [-0.05, 0) is 6.07 Å². The summed E-state index contributed by atoms with van der Waals surface area (Å²) in [4.78, 5) is 21.9. The van der Waals surface area contributed by atoms with E-state index < -0.39 is 11.8 Å². The van der Waals surface area contributed by atoms with E-state index in [4.69, 9.17) is 26.2 Å². The molecule has 1 rings (SSSR count). The summed E-state index contributed by atoms with van der Waals surface area (Å²) in [5, 5.41) is 8.82. The van der Waals surface area contributed by atoms with Gasteiger partial charge in [0.1, 0.15) is 0 Å². The maximum absolute atomic E-state index is 11.4. The molecular formula is C10H9ClO5. The van der Waals surface area contributed by atoms with Crippen molar-refractivity contribution in [1.29, 1.82) is 0 Å². The zero-order valence-electron chi connectivity index (χ0n) is 8.61. The van der Waals surface area contributed by atoms with Crippen molar-refractivity contribution in [2.45, 2.75) is 0 Å². The highest BCUT2D eigenvalue weighted by molar-refractivity contribution is 6.41. The van der Waals surface area contributed by atoms with E-state index >= 15 is 0 Å². The van der Waals surface area contributed by atoms with E-state index in [1.807, 2.05) is 0 Å². The van der Waals surface area contributed by atoms with Gasteiger partial charge in [0.2, 0.25) is 0 Å². The highest BCUT2D eigenvalue weighted by Gasteiger charge is 2.23. The monoisotopic (exact) mass is 244 g/mol. The van der Waals surface area contributed by atoms with Gasteiger partial charge < -0.3 is 14.6 Å². The number of carbonyl (C=O) groups is 2. The third-order valence-electron chi connectivity index (χ3n) is 1.88. The molecule has 1 aromatic carbocycles. The molecule has 0 atom stereocenters. The largest absolute Gasteiger partial charge is 0.493 e. The van der Waals surface area contributed by atoms with Crippen LogP contribution in [0.15, 0.2) is 12.1 Å². The fraction of sp³-hybridized carbons (Fsp3) is 0.200. The summed E-state index contributed by atoms with van der Waals surface area (Å²) in [6.45, 7) is 0. The normalized spacial score (nSPS) is 9.69. The first-order valence-electron chi connectivity index (χ1n) is 4.20. The van der Waals surface area contributed by atoms with Crippen LogP contribution in [0, 0.1) is 0 Å². The highest BCUT2D eigenvalue weighted by Crippen LogP contribution is 2.34. The van der Waals surface area contributed by atoms with Gasteiger partial charge in [0.25, 0.3) is 5.78 Å². The predicted molar refractivity (Wildman–Crippen MR) is 56.5 cm³/mol. The first-order chi connectivity index (χ1) is 7.51. The lowest BCUT2D eigenvalue weighted by atomic mass is 10.1. The fourth-order valence-electron chi connectivity index (χ4n) is 1.21. The van der Waals surface area contributed by atoms with Crippen molar-refractivity contribution in [2.24, 2.45) is 0 Å². The molecule has 0 unspecified atom stereocenters. The molecule has 1 N–H and O–H groups in total. The third kappa shape index (κ3) is 2.25. The van der Waals surface area contributed by atoms with E-state index in [0.29, 0.717) is 0 Å². The molecule has 0 aliphatic heterocycles. The number of hydrogen-bond donors (Lipinski definition) is 1. The molecule has 0 aliphatic carbocycles. The second kappa shape index (κ2) is 4.85. The van der Waals surface area contributed by atoms with E-state index in [0.717, 1.165) is 0 Å². The number of hydrogen-bond acceptors (Lipinski definition) is 4. The number of Topliss-reactive ketones (excluding diaryl/α,β-unsaturated/α-hetero) is 1. The Balaban J connectivity index is 3.42. The number of carbonyl (C=O) groups excluding carboxylic acids is 1. The average Bonchev–Trinajstić information content (AvgIpc) is 2.26. The Morgan fingerprint density at radius 2 is 1.88 bits per heavy atom. The van der Waals surface area contributed by atoms with Crippen molar-refractivity contribution < 1.29 is 24.2 Å². The Hall–Kier alpha value is -1.75. The van der Waals surface area contributed by atoms with E-state index in [1.165, 1.54) is 26.4 Å². The third-order valence-corrected chi connectivity index (χ3v) is 2.10. The van der Waals surface area contributed by atoms with Crippen LogP contribution in [-0.2, 0) is 4.79 Å². The minimum Gasteiger partial charge on any atom is -0.493 e. The average molecular weight is 245 g/mol. The number of benzene rings is 1. The molecule has 0 heterocycles. The van der Waals surface area contributed by atoms with Crippen LogP contribution in [0.5, 0.6) is 11.5 Å². The molecule has 0 amide bonds. The number of carboxylic acid groups (broad SMARTS) is 1. The molecular weight excluding hydrogens is 236 g/mol. The van der Waals surface area contributed by atoms with E-state index in [1.54, 1.807) is 0 Å². The molecule has 0 radical (unpaired) electrons. The molecule has 1 aromatic rings. The summed E-state index contributed by atoms with van der Waals surface area (Å²) in [6.07, 6.45) is 0. The van der Waals surface area contributed by atoms with Gasteiger partial charge in [0.15, 0.2) is 11.5 Å². The molecule has 0 aromatic heterocycles. The Bertz CT molecular complexity index is 441. The highest BCUT2D eigenvalue weighted by atomic mass is 35.5. The number of carboxylic acids is 1. The number of aliphatic carboxylic acids is 1. The summed E-state index contributed by atoms with van der Waals surface area (Å²) in [7, 11) is 2.67. The summed E-state index contributed by atoms with van der Waals surface area (Å²) >= 11 is 5.73. The maximum Gasteiger partial charge on any atom is 0.377 e. The Kier molecular flexibility index (Phi) is 3.73. The molecule has 16 heavy (non-hydrogen) atoms. The van der Waals surface area contributed by atoms with Gasteiger partial charge in [0.05, 0.1) is 19.8 Å². The lowest BCUT2D eigenvalue weighted by molar-refractivity contribution is -0.131. The number of methoxy groups -OCH3 is 2. The van der Waals surface area contributed by atoms with Crippen molar-refractivity contribution in [3.63, 3.8) is 0 Å². The summed E-state index contributed by atoms with van der Waals surface area (Å²) in [6, 6.07) is 2.65. The SMILES string of the molecule is COc1cc(Cl)cc(C(=O)C(=O)O)c1OC. The van der Waals surface area contributed by atoms with E-state index in [-0.39, 0.29) is 22.1 Å². The molecule has 0 aliphatic rings. The molecule has 6 heteroatoms. The standard InChI is InChI=1S/C10H9ClO5/c1-15-7-4-5(11)3-6(9(7)16-2)8(12)10(13)14/h3-4H,1-2H3,(H,13,14). The number of rotatable bonds is 4. The summed E-state index contributed by atoms with van der Waals surface area (Å²) in [5.41, 5.74) is -0.139. The van der Waals surface area contributed by atoms with Crippen LogP contribution >= 0.6 is 11.6 Å². The Morgan fingerprint density at radius 1 is 1.25 bits per heavy atom. The van der Waals surface area contributed by atoms with Gasteiger partial charge >= 0.3 is 5.97 Å². The minimum absolute atomic E-state index is 0.0549. The molecule has 0 saturated heterocycles. The second-order valence-electron chi connectivity index (χ2n) is 2.82. The van der Waals surface area contributed by atoms with Crippen molar-refractivity contribution in [3.05, 3.63) is 22.7 Å². The zero-order valence-corrected chi connectivity index (χ0v) is 9.37. The van der Waals surface area contributed by atoms with Crippen LogP contribution in [0.25, 0.3) is 0 Å². The number of halogens is 1. The van der Waals surface area contributed by atoms with Gasteiger partial charge in [-0.1, -0.05) is 11.6 Å². The predicted octanol–water partition coefficient (Wildman–Crippen LogP) is 1.62. The summed E-state index contributed by atoms with van der Waals surface area (Å²) in [5.74, 6) is -2.42. The van der Waals surface area contributed by atoms with Crippen molar-refractivity contribution in [1.82, 2.24) is 0 Å². The first kappa shape index (κ1) is 12.3. The topological polar surface area (TPSA) is 72.8 Å². The quantitative estimate of drug-likeness (QED) is 0.644. The van der Waals surface area contributed by atoms with Gasteiger partial charge in [-0.25, -0.2) is 4.79 Å². The number of ketones is 1. The van der Waals surface area contributed by atoms with Gasteiger partial charge in [0, 0.05) is 11.1 Å². The fourth-order valence-corrected chi connectivity index (χ4v) is 1.42. The van der Waals surface area contributed by atoms with E-state index in [9.17, 15) is 9.59 Å². The van der Waals surface area contributed by atoms with E-state index in [2.05, 4.69) is 0 Å². The lowest BCUT2D eigenvalue weighted by Crippen LogP contribution is -2.14. The van der Waals surface area contributed by atoms with Crippen LogP contribution < -0.4 is 9.47 Å². The van der Waals surface area contributed by atoms with Gasteiger partial charge in [-0.3, -0.25) is 4.79 Å². The molecule has 86 valence electrons. The molecule has 0 bridgehead atoms. The first-order valence-corrected chi connectivity index (χ1v) is 4.58. The molecule has 0 spiro atoms.